The summed E-state index contributed by atoms with van der Waals surface area (Å²) < 4.78 is 18.3. The number of ether oxygens (including phenoxy) is 1. The van der Waals surface area contributed by atoms with Gasteiger partial charge in [-0.25, -0.2) is 4.39 Å². The molecule has 0 aliphatic carbocycles. The van der Waals surface area contributed by atoms with Crippen molar-refractivity contribution in [3.8, 4) is 5.75 Å². The van der Waals surface area contributed by atoms with Crippen molar-refractivity contribution < 1.29 is 18.7 Å². The van der Waals surface area contributed by atoms with E-state index in [1.54, 1.807) is 24.1 Å². The molecule has 6 heteroatoms. The van der Waals surface area contributed by atoms with Crippen molar-refractivity contribution in [3.63, 3.8) is 0 Å². The average Bonchev–Trinajstić information content (AvgIpc) is 3.02. The topological polar surface area (TPSA) is 58.6 Å². The van der Waals surface area contributed by atoms with Crippen LogP contribution in [0.5, 0.6) is 5.75 Å². The summed E-state index contributed by atoms with van der Waals surface area (Å²) in [5.74, 6) is -0.415. The van der Waals surface area contributed by atoms with Crippen molar-refractivity contribution in [1.82, 2.24) is 5.32 Å². The predicted octanol–water partition coefficient (Wildman–Crippen LogP) is 2.81. The Balaban J connectivity index is 1.66. The minimum Gasteiger partial charge on any atom is -0.495 e. The average molecular weight is 356 g/mol. The quantitative estimate of drug-likeness (QED) is 0.896. The van der Waals surface area contributed by atoms with E-state index in [2.05, 4.69) is 5.32 Å². The number of rotatable bonds is 5. The molecule has 1 heterocycles. The van der Waals surface area contributed by atoms with Crippen LogP contribution in [0.4, 0.5) is 10.1 Å². The number of hydrogen-bond acceptors (Lipinski definition) is 3. The third-order valence-corrected chi connectivity index (χ3v) is 4.50. The van der Waals surface area contributed by atoms with Crippen molar-refractivity contribution >= 4 is 17.5 Å². The Morgan fingerprint density at radius 2 is 2.00 bits per heavy atom. The summed E-state index contributed by atoms with van der Waals surface area (Å²) in [7, 11) is 1.56. The van der Waals surface area contributed by atoms with Gasteiger partial charge in [0.1, 0.15) is 11.6 Å². The zero-order chi connectivity index (χ0) is 18.7. The number of methoxy groups -OCH3 is 1. The van der Waals surface area contributed by atoms with Gasteiger partial charge < -0.3 is 15.0 Å². The number of halogens is 1. The summed E-state index contributed by atoms with van der Waals surface area (Å²) >= 11 is 0. The summed E-state index contributed by atoms with van der Waals surface area (Å²) in [4.78, 5) is 26.5. The van der Waals surface area contributed by atoms with Crippen LogP contribution in [0.15, 0.2) is 42.5 Å². The van der Waals surface area contributed by atoms with Crippen LogP contribution in [-0.2, 0) is 16.1 Å². The van der Waals surface area contributed by atoms with Crippen molar-refractivity contribution in [2.24, 2.45) is 5.92 Å². The van der Waals surface area contributed by atoms with Gasteiger partial charge in [-0.2, -0.15) is 0 Å². The van der Waals surface area contributed by atoms with Crippen molar-refractivity contribution in [2.75, 3.05) is 18.6 Å². The van der Waals surface area contributed by atoms with Crippen molar-refractivity contribution in [2.45, 2.75) is 19.9 Å². The van der Waals surface area contributed by atoms with Gasteiger partial charge >= 0.3 is 0 Å². The van der Waals surface area contributed by atoms with Crippen LogP contribution in [0.2, 0.25) is 0 Å². The molecule has 0 unspecified atom stereocenters. The van der Waals surface area contributed by atoms with E-state index in [4.69, 9.17) is 4.74 Å². The van der Waals surface area contributed by atoms with Gasteiger partial charge in [0.25, 0.3) is 0 Å². The van der Waals surface area contributed by atoms with E-state index in [0.29, 0.717) is 24.5 Å². The Morgan fingerprint density at radius 1 is 1.27 bits per heavy atom. The fraction of sp³-hybridized carbons (Fsp3) is 0.300. The molecule has 2 aromatic rings. The number of carbonyl (C=O) groups excluding carboxylic acids is 2. The molecule has 1 fully saturated rings. The summed E-state index contributed by atoms with van der Waals surface area (Å²) in [6.45, 7) is 2.56. The highest BCUT2D eigenvalue weighted by atomic mass is 19.1. The van der Waals surface area contributed by atoms with Gasteiger partial charge in [0.2, 0.25) is 11.8 Å². The number of carbonyl (C=O) groups is 2. The van der Waals surface area contributed by atoms with Crippen LogP contribution in [0.3, 0.4) is 0 Å². The molecule has 0 bridgehead atoms. The maximum absolute atomic E-state index is 12.9. The second-order valence-corrected chi connectivity index (χ2v) is 6.42. The fourth-order valence-electron chi connectivity index (χ4n) is 3.06. The van der Waals surface area contributed by atoms with Gasteiger partial charge in [-0.15, -0.1) is 0 Å². The van der Waals surface area contributed by atoms with E-state index in [1.807, 2.05) is 25.1 Å². The summed E-state index contributed by atoms with van der Waals surface area (Å²) in [6, 6.07) is 11.6. The number of aryl methyl sites for hydroxylation is 1. The highest BCUT2D eigenvalue weighted by Gasteiger charge is 2.36. The molecule has 26 heavy (non-hydrogen) atoms. The lowest BCUT2D eigenvalue weighted by molar-refractivity contribution is -0.126. The maximum atomic E-state index is 12.9. The second kappa shape index (κ2) is 7.56. The largest absolute Gasteiger partial charge is 0.495 e. The van der Waals surface area contributed by atoms with Crippen molar-refractivity contribution in [3.05, 3.63) is 59.4 Å². The van der Waals surface area contributed by atoms with Gasteiger partial charge in [-0.3, -0.25) is 9.59 Å². The lowest BCUT2D eigenvalue weighted by Crippen LogP contribution is -2.32. The number of amides is 2. The number of benzene rings is 2. The first kappa shape index (κ1) is 17.9. The molecule has 0 spiro atoms. The number of hydrogen-bond donors (Lipinski definition) is 1. The van der Waals surface area contributed by atoms with Crippen LogP contribution in [-0.4, -0.2) is 25.5 Å². The molecular weight excluding hydrogens is 335 g/mol. The van der Waals surface area contributed by atoms with E-state index in [1.165, 1.54) is 12.1 Å². The minimum absolute atomic E-state index is 0.101. The Hall–Kier alpha value is -2.89. The van der Waals surface area contributed by atoms with Gasteiger partial charge in [0.05, 0.1) is 18.7 Å². The molecule has 1 atom stereocenters. The van der Waals surface area contributed by atoms with Crippen LogP contribution in [0, 0.1) is 18.7 Å². The highest BCUT2D eigenvalue weighted by Crippen LogP contribution is 2.33. The van der Waals surface area contributed by atoms with Gasteiger partial charge in [0.15, 0.2) is 0 Å². The zero-order valence-corrected chi connectivity index (χ0v) is 14.8. The summed E-state index contributed by atoms with van der Waals surface area (Å²) in [5, 5.41) is 2.82. The van der Waals surface area contributed by atoms with E-state index >= 15 is 0 Å². The second-order valence-electron chi connectivity index (χ2n) is 6.42. The fourth-order valence-corrected chi connectivity index (χ4v) is 3.06. The molecular formula is C20H21FN2O3. The van der Waals surface area contributed by atoms with E-state index < -0.39 is 5.92 Å². The van der Waals surface area contributed by atoms with E-state index in [-0.39, 0.29) is 24.1 Å². The Kier molecular flexibility index (Phi) is 5.21. The van der Waals surface area contributed by atoms with Crippen LogP contribution in [0.25, 0.3) is 0 Å². The zero-order valence-electron chi connectivity index (χ0n) is 14.8. The molecule has 136 valence electrons. The molecule has 1 aliphatic heterocycles. The predicted molar refractivity (Wildman–Crippen MR) is 96.4 cm³/mol. The number of anilines is 1. The lowest BCUT2D eigenvalue weighted by Gasteiger charge is -2.20. The minimum atomic E-state index is -0.423. The van der Waals surface area contributed by atoms with Crippen LogP contribution < -0.4 is 15.0 Å². The van der Waals surface area contributed by atoms with E-state index in [0.717, 1.165) is 11.1 Å². The molecule has 2 aromatic carbocycles. The van der Waals surface area contributed by atoms with Crippen LogP contribution in [0.1, 0.15) is 17.5 Å². The molecule has 1 aliphatic rings. The Bertz CT molecular complexity index is 820. The Morgan fingerprint density at radius 3 is 2.69 bits per heavy atom. The van der Waals surface area contributed by atoms with Crippen LogP contribution >= 0.6 is 0 Å². The molecule has 1 saturated heterocycles. The highest BCUT2D eigenvalue weighted by molar-refractivity contribution is 6.01. The van der Waals surface area contributed by atoms with Gasteiger partial charge in [-0.1, -0.05) is 18.2 Å². The maximum Gasteiger partial charge on any atom is 0.227 e. The summed E-state index contributed by atoms with van der Waals surface area (Å²) in [6.07, 6.45) is 0.159. The smallest absolute Gasteiger partial charge is 0.227 e. The lowest BCUT2D eigenvalue weighted by atomic mass is 10.1. The molecule has 0 aromatic heterocycles. The number of nitrogens with zero attached hydrogens (tertiary/aromatic N) is 1. The first-order valence-electron chi connectivity index (χ1n) is 8.45. The standard InChI is InChI=1S/C20H21FN2O3/c1-13-3-8-18(26-2)17(9-13)23-12-15(10-19(23)24)20(25)22-11-14-4-6-16(21)7-5-14/h3-9,15H,10-12H2,1-2H3,(H,22,25)/t15-/m0/s1. The first-order valence-corrected chi connectivity index (χ1v) is 8.45. The van der Waals surface area contributed by atoms with Gasteiger partial charge in [0, 0.05) is 19.5 Å². The molecule has 0 radical (unpaired) electrons. The van der Waals surface area contributed by atoms with Crippen molar-refractivity contribution in [1.29, 1.82) is 0 Å². The molecule has 3 rings (SSSR count). The molecule has 5 nitrogen and oxygen atoms in total. The Labute approximate surface area is 151 Å². The SMILES string of the molecule is COc1ccc(C)cc1N1C[C@@H](C(=O)NCc2ccc(F)cc2)CC1=O. The normalized spacial score (nSPS) is 16.7. The third-order valence-electron chi connectivity index (χ3n) is 4.50. The van der Waals surface area contributed by atoms with Gasteiger partial charge in [-0.05, 0) is 42.3 Å². The summed E-state index contributed by atoms with van der Waals surface area (Å²) in [5.41, 5.74) is 2.51. The monoisotopic (exact) mass is 356 g/mol. The third kappa shape index (κ3) is 3.85. The molecule has 2 amide bonds. The molecule has 1 N–H and O–H groups in total. The molecule has 0 saturated carbocycles. The number of nitrogens with one attached hydrogen (secondary N) is 1. The van der Waals surface area contributed by atoms with E-state index in [9.17, 15) is 14.0 Å². The first-order chi connectivity index (χ1) is 12.5.